The molecule has 0 aliphatic carbocycles. The minimum absolute atomic E-state index is 0.00272. The van der Waals surface area contributed by atoms with Crippen LogP contribution in [0.3, 0.4) is 0 Å². The Bertz CT molecular complexity index is 1130. The molecule has 0 saturated carbocycles. The van der Waals surface area contributed by atoms with Gasteiger partial charge in [0.2, 0.25) is 5.91 Å². The fourth-order valence-electron chi connectivity index (χ4n) is 6.39. The SMILES string of the molecule is CCCCCCCC/C=C\CCCCCCCC(=O)OCC(COC(=O)CCC(=O)OCCNC(=O)C(N)CO)OC(=O)CCCCCCC/C=C\CCCCCCCC. The van der Waals surface area contributed by atoms with Crippen LogP contribution in [0.25, 0.3) is 0 Å². The number of ether oxygens (including phenoxy) is 4. The number of unbranched alkanes of at least 4 members (excludes halogenated alkanes) is 22. The molecule has 0 aliphatic rings. The van der Waals surface area contributed by atoms with Gasteiger partial charge in [-0.25, -0.2) is 0 Å². The molecule has 60 heavy (non-hydrogen) atoms. The Kier molecular flexibility index (Phi) is 41.5. The summed E-state index contributed by atoms with van der Waals surface area (Å²) in [6, 6.07) is -1.06. The highest BCUT2D eigenvalue weighted by molar-refractivity contribution is 5.81. The quantitative estimate of drug-likeness (QED) is 0.0230. The smallest absolute Gasteiger partial charge is 0.306 e. The Balaban J connectivity index is 4.51. The summed E-state index contributed by atoms with van der Waals surface area (Å²) in [4.78, 5) is 61.3. The molecule has 0 aromatic carbocycles. The summed E-state index contributed by atoms with van der Waals surface area (Å²) < 4.78 is 21.3. The third kappa shape index (κ3) is 40.2. The summed E-state index contributed by atoms with van der Waals surface area (Å²) in [6.45, 7) is 3.30. The number of esters is 4. The van der Waals surface area contributed by atoms with Crippen molar-refractivity contribution in [2.75, 3.05) is 33.0 Å². The maximum atomic E-state index is 12.7. The molecule has 348 valence electrons. The van der Waals surface area contributed by atoms with E-state index in [1.54, 1.807) is 0 Å². The number of aliphatic hydroxyl groups is 1. The first-order chi connectivity index (χ1) is 29.2. The fourth-order valence-corrected chi connectivity index (χ4v) is 6.39. The van der Waals surface area contributed by atoms with Crippen molar-refractivity contribution in [2.24, 2.45) is 5.73 Å². The van der Waals surface area contributed by atoms with Gasteiger partial charge >= 0.3 is 23.9 Å². The summed E-state index contributed by atoms with van der Waals surface area (Å²) >= 11 is 0. The highest BCUT2D eigenvalue weighted by atomic mass is 16.6. The van der Waals surface area contributed by atoms with E-state index < -0.39 is 48.5 Å². The number of nitrogens with one attached hydrogen (secondary N) is 1. The predicted octanol–water partition coefficient (Wildman–Crippen LogP) is 9.82. The minimum Gasteiger partial charge on any atom is -0.464 e. The highest BCUT2D eigenvalue weighted by Crippen LogP contribution is 2.13. The van der Waals surface area contributed by atoms with Crippen molar-refractivity contribution >= 4 is 29.8 Å². The van der Waals surface area contributed by atoms with Crippen LogP contribution in [-0.2, 0) is 42.9 Å². The molecule has 2 unspecified atom stereocenters. The van der Waals surface area contributed by atoms with Crippen LogP contribution in [0.15, 0.2) is 24.3 Å². The molecular weight excluding hydrogens is 765 g/mol. The third-order valence-electron chi connectivity index (χ3n) is 10.2. The van der Waals surface area contributed by atoms with Crippen molar-refractivity contribution in [3.8, 4) is 0 Å². The number of nitrogens with two attached hydrogens (primary N) is 1. The average molecular weight is 851 g/mol. The van der Waals surface area contributed by atoms with Gasteiger partial charge in [0.05, 0.1) is 26.0 Å². The van der Waals surface area contributed by atoms with Crippen molar-refractivity contribution in [2.45, 2.75) is 219 Å². The zero-order valence-electron chi connectivity index (χ0n) is 37.9. The molecule has 2 atom stereocenters. The van der Waals surface area contributed by atoms with Gasteiger partial charge in [-0.1, -0.05) is 141 Å². The first kappa shape index (κ1) is 56.8. The Morgan fingerprint density at radius 3 is 1.30 bits per heavy atom. The Morgan fingerprint density at radius 2 is 0.867 bits per heavy atom. The summed E-state index contributed by atoms with van der Waals surface area (Å²) in [5, 5.41) is 11.3. The summed E-state index contributed by atoms with van der Waals surface area (Å²) in [5.41, 5.74) is 5.41. The van der Waals surface area contributed by atoms with Crippen LogP contribution in [0, 0.1) is 0 Å². The van der Waals surface area contributed by atoms with Crippen LogP contribution in [0.4, 0.5) is 0 Å². The second kappa shape index (κ2) is 43.8. The van der Waals surface area contributed by atoms with Gasteiger partial charge in [-0.05, 0) is 64.2 Å². The van der Waals surface area contributed by atoms with Gasteiger partial charge in [0.1, 0.15) is 25.9 Å². The number of amides is 1. The zero-order chi connectivity index (χ0) is 44.2. The Hall–Kier alpha value is -3.25. The summed E-state index contributed by atoms with van der Waals surface area (Å²) in [7, 11) is 0. The van der Waals surface area contributed by atoms with E-state index in [4.69, 9.17) is 29.8 Å². The second-order valence-corrected chi connectivity index (χ2v) is 15.9. The van der Waals surface area contributed by atoms with Gasteiger partial charge in [-0.15, -0.1) is 0 Å². The molecule has 0 heterocycles. The molecule has 1 amide bonds. The van der Waals surface area contributed by atoms with E-state index in [9.17, 15) is 24.0 Å². The molecule has 0 aromatic heterocycles. The molecule has 0 aliphatic heterocycles. The van der Waals surface area contributed by atoms with Crippen molar-refractivity contribution < 1.29 is 48.0 Å². The first-order valence-corrected chi connectivity index (χ1v) is 23.8. The van der Waals surface area contributed by atoms with Crippen LogP contribution in [0.2, 0.25) is 0 Å². The molecule has 12 heteroatoms. The van der Waals surface area contributed by atoms with E-state index in [0.717, 1.165) is 70.6 Å². The number of aliphatic hydroxyl groups excluding tert-OH is 1. The molecule has 0 rings (SSSR count). The lowest BCUT2D eigenvalue weighted by molar-refractivity contribution is -0.167. The van der Waals surface area contributed by atoms with Crippen molar-refractivity contribution in [3.05, 3.63) is 24.3 Å². The van der Waals surface area contributed by atoms with E-state index in [2.05, 4.69) is 43.5 Å². The van der Waals surface area contributed by atoms with Gasteiger partial charge in [-0.2, -0.15) is 0 Å². The number of carbonyl (C=O) groups excluding carboxylic acids is 5. The maximum Gasteiger partial charge on any atom is 0.306 e. The van der Waals surface area contributed by atoms with Crippen LogP contribution < -0.4 is 11.1 Å². The van der Waals surface area contributed by atoms with Gasteiger partial charge in [0, 0.05) is 12.8 Å². The average Bonchev–Trinajstić information content (AvgIpc) is 3.24. The molecule has 0 aromatic rings. The summed E-state index contributed by atoms with van der Waals surface area (Å²) in [6.07, 6.45) is 38.3. The Morgan fingerprint density at radius 1 is 0.500 bits per heavy atom. The van der Waals surface area contributed by atoms with Crippen molar-refractivity contribution in [1.82, 2.24) is 5.32 Å². The first-order valence-electron chi connectivity index (χ1n) is 23.8. The van der Waals surface area contributed by atoms with Crippen LogP contribution in [-0.4, -0.2) is 80.0 Å². The van der Waals surface area contributed by atoms with Crippen molar-refractivity contribution in [1.29, 1.82) is 0 Å². The number of carbonyl (C=O) groups is 5. The molecular formula is C48H86N2O10. The molecule has 0 bridgehead atoms. The van der Waals surface area contributed by atoms with Gasteiger partial charge < -0.3 is 35.1 Å². The molecule has 12 nitrogen and oxygen atoms in total. The van der Waals surface area contributed by atoms with E-state index in [1.165, 1.54) is 83.5 Å². The van der Waals surface area contributed by atoms with Gasteiger partial charge in [-0.3, -0.25) is 24.0 Å². The standard InChI is InChI=1S/C48H86N2O10/c1-3-5-7-9-11-13-15-17-19-21-23-25-27-29-31-33-44(52)58-40-42(41-59-46(54)36-35-45(53)57-38-37-50-48(56)43(49)39-51)60-47(55)34-32-30-28-26-24-22-20-18-16-14-12-10-8-6-4-2/h17-20,42-43,51H,3-16,21-41,49H2,1-2H3,(H,50,56)/b19-17-,20-18-. The number of rotatable bonds is 43. The lowest BCUT2D eigenvalue weighted by Gasteiger charge is -2.18. The number of allylic oxidation sites excluding steroid dienone is 4. The van der Waals surface area contributed by atoms with Crippen molar-refractivity contribution in [3.63, 3.8) is 0 Å². The summed E-state index contributed by atoms with van der Waals surface area (Å²) in [5.74, 6) is -2.78. The van der Waals surface area contributed by atoms with E-state index in [-0.39, 0.29) is 52.0 Å². The van der Waals surface area contributed by atoms with E-state index >= 15 is 0 Å². The number of hydrogen-bond acceptors (Lipinski definition) is 11. The van der Waals surface area contributed by atoms with Crippen LogP contribution >= 0.6 is 0 Å². The molecule has 0 radical (unpaired) electrons. The molecule has 4 N–H and O–H groups in total. The van der Waals surface area contributed by atoms with Gasteiger partial charge in [0.15, 0.2) is 6.10 Å². The predicted molar refractivity (Wildman–Crippen MR) is 239 cm³/mol. The lowest BCUT2D eigenvalue weighted by atomic mass is 10.1. The lowest BCUT2D eigenvalue weighted by Crippen LogP contribution is -2.44. The zero-order valence-corrected chi connectivity index (χ0v) is 37.9. The minimum atomic E-state index is -1.06. The highest BCUT2D eigenvalue weighted by Gasteiger charge is 2.20. The monoisotopic (exact) mass is 851 g/mol. The normalized spacial score (nSPS) is 12.4. The largest absolute Gasteiger partial charge is 0.464 e. The molecule has 0 spiro atoms. The maximum absolute atomic E-state index is 12.7. The number of hydrogen-bond donors (Lipinski definition) is 3. The topological polar surface area (TPSA) is 181 Å². The second-order valence-electron chi connectivity index (χ2n) is 15.9. The van der Waals surface area contributed by atoms with Gasteiger partial charge in [0.25, 0.3) is 0 Å². The van der Waals surface area contributed by atoms with Crippen LogP contribution in [0.1, 0.15) is 206 Å². The molecule has 0 fully saturated rings. The Labute approximate surface area is 363 Å². The molecule has 0 saturated heterocycles. The van der Waals surface area contributed by atoms with E-state index in [1.807, 2.05) is 0 Å². The third-order valence-corrected chi connectivity index (χ3v) is 10.2. The van der Waals surface area contributed by atoms with Crippen LogP contribution in [0.5, 0.6) is 0 Å². The fraction of sp³-hybridized carbons (Fsp3) is 0.812. The van der Waals surface area contributed by atoms with E-state index in [0.29, 0.717) is 12.8 Å².